The van der Waals surface area contributed by atoms with Crippen molar-refractivity contribution in [2.24, 2.45) is 0 Å². The Labute approximate surface area is 91.5 Å². The normalized spacial score (nSPS) is 11.6. The molecule has 0 spiro atoms. The van der Waals surface area contributed by atoms with Crippen LogP contribution in [0, 0.1) is 0 Å². The summed E-state index contributed by atoms with van der Waals surface area (Å²) in [6.07, 6.45) is 1.38. The van der Waals surface area contributed by atoms with E-state index in [1.807, 2.05) is 0 Å². The van der Waals surface area contributed by atoms with E-state index in [9.17, 15) is 9.46 Å². The van der Waals surface area contributed by atoms with Crippen molar-refractivity contribution in [3.05, 3.63) is 12.7 Å². The third-order valence-electron chi connectivity index (χ3n) is 0.319. The summed E-state index contributed by atoms with van der Waals surface area (Å²) in [6, 6.07) is 0. The fraction of sp³-hybridized carbons (Fsp3) is 0.333. The molecule has 0 bridgehead atoms. The van der Waals surface area contributed by atoms with Gasteiger partial charge in [0.15, 0.2) is 0 Å². The molecule has 0 aliphatic heterocycles. The van der Waals surface area contributed by atoms with Crippen LogP contribution in [0.2, 0.25) is 0 Å². The van der Waals surface area contributed by atoms with E-state index in [-0.39, 0.29) is 58.0 Å². The molecule has 0 saturated heterocycles. The van der Waals surface area contributed by atoms with Gasteiger partial charge in [-0.25, -0.2) is 0 Å². The van der Waals surface area contributed by atoms with Gasteiger partial charge in [-0.05, 0) is 0 Å². The SMILES string of the molecule is C=CCO[PH](=O)[O-].[K+]. The van der Waals surface area contributed by atoms with Crippen LogP contribution in [-0.2, 0) is 9.09 Å². The van der Waals surface area contributed by atoms with Crippen LogP contribution in [0.1, 0.15) is 0 Å². The average molecular weight is 160 g/mol. The van der Waals surface area contributed by atoms with E-state index in [2.05, 4.69) is 11.1 Å². The van der Waals surface area contributed by atoms with Crippen molar-refractivity contribution in [2.75, 3.05) is 6.61 Å². The Morgan fingerprint density at radius 2 is 2.38 bits per heavy atom. The number of hydrogen-bond acceptors (Lipinski definition) is 3. The van der Waals surface area contributed by atoms with Gasteiger partial charge in [-0.15, -0.1) is 6.58 Å². The zero-order valence-corrected chi connectivity index (χ0v) is 8.84. The van der Waals surface area contributed by atoms with Gasteiger partial charge in [-0.3, -0.25) is 0 Å². The van der Waals surface area contributed by atoms with Crippen LogP contribution in [0.25, 0.3) is 0 Å². The number of hydrogen-bond donors (Lipinski definition) is 0. The molecule has 0 fully saturated rings. The molecule has 3 nitrogen and oxygen atoms in total. The first-order chi connectivity index (χ1) is 3.27. The molecule has 0 aromatic carbocycles. The molecule has 1 atom stereocenters. The van der Waals surface area contributed by atoms with E-state index in [4.69, 9.17) is 0 Å². The summed E-state index contributed by atoms with van der Waals surface area (Å²) in [7, 11) is -2.97. The smallest absolute Gasteiger partial charge is 0.781 e. The van der Waals surface area contributed by atoms with Crippen LogP contribution < -0.4 is 56.3 Å². The van der Waals surface area contributed by atoms with Crippen molar-refractivity contribution in [1.29, 1.82) is 0 Å². The molecule has 0 rings (SSSR count). The summed E-state index contributed by atoms with van der Waals surface area (Å²) in [5.74, 6) is 0. The molecule has 0 saturated carbocycles. The maximum atomic E-state index is 9.56. The van der Waals surface area contributed by atoms with Crippen LogP contribution in [0.5, 0.6) is 0 Å². The Morgan fingerprint density at radius 1 is 1.88 bits per heavy atom. The van der Waals surface area contributed by atoms with Gasteiger partial charge >= 0.3 is 51.4 Å². The van der Waals surface area contributed by atoms with Gasteiger partial charge in [0.25, 0.3) is 0 Å². The molecule has 0 N–H and O–H groups in total. The number of rotatable bonds is 3. The molecule has 1 unspecified atom stereocenters. The molecule has 5 heteroatoms. The van der Waals surface area contributed by atoms with E-state index in [1.54, 1.807) is 0 Å². The Kier molecular flexibility index (Phi) is 13.0. The monoisotopic (exact) mass is 160 g/mol. The standard InChI is InChI=1S/C3H7O3P.K/c1-2-3-6-7(4)5;/h2,7H,1,3H2,(H,4,5);/q;+1/p-1. The molecule has 0 radical (unpaired) electrons. The fourth-order valence-corrected chi connectivity index (χ4v) is 0.381. The van der Waals surface area contributed by atoms with Crippen molar-refractivity contribution < 1.29 is 65.4 Å². The molecular weight excluding hydrogens is 154 g/mol. The zero-order chi connectivity index (χ0) is 5.70. The van der Waals surface area contributed by atoms with Crippen LogP contribution in [0.4, 0.5) is 0 Å². The maximum Gasteiger partial charge on any atom is 1.00 e. The van der Waals surface area contributed by atoms with Crippen molar-refractivity contribution in [3.8, 4) is 0 Å². The summed E-state index contributed by atoms with van der Waals surface area (Å²) in [5, 5.41) is 0. The quantitative estimate of drug-likeness (QED) is 0.250. The van der Waals surface area contributed by atoms with Crippen molar-refractivity contribution in [1.82, 2.24) is 0 Å². The molecular formula is C3H6KO3P. The summed E-state index contributed by atoms with van der Waals surface area (Å²) in [4.78, 5) is 9.56. The van der Waals surface area contributed by atoms with Gasteiger partial charge in [-0.1, -0.05) is 6.08 Å². The largest absolute Gasteiger partial charge is 1.00 e. The average Bonchev–Trinajstić information content (AvgIpc) is 1.61. The molecule has 8 heavy (non-hydrogen) atoms. The fourth-order valence-electron chi connectivity index (χ4n) is 0.127. The molecule has 0 aliphatic rings. The topological polar surface area (TPSA) is 49.4 Å². The molecule has 0 heterocycles. The first kappa shape index (κ1) is 12.2. The molecule has 0 aromatic rings. The second-order valence-electron chi connectivity index (χ2n) is 0.850. The predicted octanol–water partition coefficient (Wildman–Crippen LogP) is -3.06. The summed E-state index contributed by atoms with van der Waals surface area (Å²) >= 11 is 0. The van der Waals surface area contributed by atoms with Gasteiger partial charge in [0.1, 0.15) is 8.25 Å². The third-order valence-corrected chi connectivity index (χ3v) is 0.721. The van der Waals surface area contributed by atoms with Gasteiger partial charge in [0.05, 0.1) is 6.61 Å². The molecule has 0 aromatic heterocycles. The van der Waals surface area contributed by atoms with E-state index in [0.29, 0.717) is 0 Å². The maximum absolute atomic E-state index is 9.56. The van der Waals surface area contributed by atoms with Crippen molar-refractivity contribution in [2.45, 2.75) is 0 Å². The van der Waals surface area contributed by atoms with Crippen LogP contribution in [0.3, 0.4) is 0 Å². The molecule has 42 valence electrons. The Morgan fingerprint density at radius 3 is 2.50 bits per heavy atom. The van der Waals surface area contributed by atoms with Crippen LogP contribution >= 0.6 is 8.25 Å². The van der Waals surface area contributed by atoms with E-state index < -0.39 is 8.25 Å². The Bertz CT molecular complexity index is 84.6. The van der Waals surface area contributed by atoms with Gasteiger partial charge < -0.3 is 14.0 Å². The van der Waals surface area contributed by atoms with Gasteiger partial charge in [-0.2, -0.15) is 0 Å². The predicted molar refractivity (Wildman–Crippen MR) is 25.2 cm³/mol. The second-order valence-corrected chi connectivity index (χ2v) is 1.64. The third kappa shape index (κ3) is 10.5. The van der Waals surface area contributed by atoms with Crippen LogP contribution in [-0.4, -0.2) is 6.61 Å². The molecule has 0 aliphatic carbocycles. The Hall–Kier alpha value is 1.53. The van der Waals surface area contributed by atoms with E-state index in [0.717, 1.165) is 0 Å². The minimum Gasteiger partial charge on any atom is -0.781 e. The van der Waals surface area contributed by atoms with Gasteiger partial charge in [0, 0.05) is 0 Å². The van der Waals surface area contributed by atoms with E-state index >= 15 is 0 Å². The second kappa shape index (κ2) is 8.53. The summed E-state index contributed by atoms with van der Waals surface area (Å²) in [6.45, 7) is 3.33. The van der Waals surface area contributed by atoms with Crippen molar-refractivity contribution >= 4 is 8.25 Å². The van der Waals surface area contributed by atoms with Gasteiger partial charge in [0.2, 0.25) is 0 Å². The van der Waals surface area contributed by atoms with E-state index in [1.165, 1.54) is 6.08 Å². The van der Waals surface area contributed by atoms with Crippen LogP contribution in [0.15, 0.2) is 12.7 Å². The summed E-state index contributed by atoms with van der Waals surface area (Å²) in [5.41, 5.74) is 0. The minimum atomic E-state index is -2.97. The Balaban J connectivity index is 0. The molecule has 0 amide bonds. The first-order valence-corrected chi connectivity index (χ1v) is 2.94. The van der Waals surface area contributed by atoms with Crippen molar-refractivity contribution in [3.63, 3.8) is 0 Å². The zero-order valence-electron chi connectivity index (χ0n) is 4.72. The minimum absolute atomic E-state index is 0. The first-order valence-electron chi connectivity index (χ1n) is 1.72. The summed E-state index contributed by atoms with van der Waals surface area (Å²) < 4.78 is 13.6.